The number of aromatic carboxylic acids is 1. The standard InChI is InChI=1S/C18H12FNO2/c1-20-17-14(6-3-7-16(17)19)13-5-2-4-11-8-9-12(18(21)22)10-15(11)13/h3,5-10H,2,4H2,(H,21,22). The number of allylic oxidation sites excluding steroid dienone is 1. The van der Waals surface area contributed by atoms with Gasteiger partial charge in [0.1, 0.15) is 5.82 Å². The lowest BCUT2D eigenvalue weighted by Gasteiger charge is -2.20. The van der Waals surface area contributed by atoms with Gasteiger partial charge in [-0.15, -0.1) is 0 Å². The van der Waals surface area contributed by atoms with Gasteiger partial charge in [-0.25, -0.2) is 14.0 Å². The van der Waals surface area contributed by atoms with E-state index in [0.717, 1.165) is 29.5 Å². The van der Waals surface area contributed by atoms with Crippen LogP contribution in [0.4, 0.5) is 10.1 Å². The highest BCUT2D eigenvalue weighted by atomic mass is 19.1. The van der Waals surface area contributed by atoms with E-state index in [1.54, 1.807) is 30.3 Å². The van der Waals surface area contributed by atoms with Gasteiger partial charge in [0.2, 0.25) is 5.69 Å². The summed E-state index contributed by atoms with van der Waals surface area (Å²) in [6.45, 7) is 7.20. The maximum Gasteiger partial charge on any atom is 0.335 e. The van der Waals surface area contributed by atoms with Crippen molar-refractivity contribution in [3.63, 3.8) is 0 Å². The van der Waals surface area contributed by atoms with Gasteiger partial charge in [0, 0.05) is 0 Å². The predicted octanol–water partition coefficient (Wildman–Crippen LogP) is 4.45. The van der Waals surface area contributed by atoms with Crippen molar-refractivity contribution in [1.29, 1.82) is 0 Å². The van der Waals surface area contributed by atoms with E-state index in [2.05, 4.69) is 4.85 Å². The largest absolute Gasteiger partial charge is 0.478 e. The van der Waals surface area contributed by atoms with Crippen molar-refractivity contribution < 1.29 is 14.3 Å². The molecule has 2 aromatic rings. The molecule has 1 aliphatic carbocycles. The summed E-state index contributed by atoms with van der Waals surface area (Å²) in [4.78, 5) is 14.5. The molecule has 0 saturated heterocycles. The van der Waals surface area contributed by atoms with Gasteiger partial charge in [-0.2, -0.15) is 0 Å². The second-order valence-corrected chi connectivity index (χ2v) is 5.08. The first kappa shape index (κ1) is 14.0. The van der Waals surface area contributed by atoms with Crippen molar-refractivity contribution in [2.45, 2.75) is 12.8 Å². The van der Waals surface area contributed by atoms with E-state index < -0.39 is 11.8 Å². The number of carbonyl (C=O) groups is 1. The third kappa shape index (κ3) is 2.27. The predicted molar refractivity (Wildman–Crippen MR) is 81.5 cm³/mol. The van der Waals surface area contributed by atoms with Gasteiger partial charge < -0.3 is 5.11 Å². The minimum Gasteiger partial charge on any atom is -0.478 e. The van der Waals surface area contributed by atoms with Crippen LogP contribution in [-0.2, 0) is 6.42 Å². The Labute approximate surface area is 127 Å². The lowest BCUT2D eigenvalue weighted by Crippen LogP contribution is -2.05. The minimum atomic E-state index is -1.00. The summed E-state index contributed by atoms with van der Waals surface area (Å²) in [5.41, 5.74) is 3.19. The number of fused-ring (bicyclic) bond motifs is 1. The zero-order valence-electron chi connectivity index (χ0n) is 11.6. The quantitative estimate of drug-likeness (QED) is 0.831. The van der Waals surface area contributed by atoms with E-state index in [4.69, 9.17) is 11.7 Å². The molecule has 0 aromatic heterocycles. The molecule has 0 aliphatic heterocycles. The molecule has 0 unspecified atom stereocenters. The van der Waals surface area contributed by atoms with Gasteiger partial charge >= 0.3 is 5.97 Å². The van der Waals surface area contributed by atoms with Crippen LogP contribution in [0.15, 0.2) is 42.5 Å². The molecule has 1 N–H and O–H groups in total. The average molecular weight is 293 g/mol. The molecule has 1 aliphatic rings. The number of rotatable bonds is 2. The van der Waals surface area contributed by atoms with Crippen LogP contribution in [0.3, 0.4) is 0 Å². The smallest absolute Gasteiger partial charge is 0.335 e. The lowest BCUT2D eigenvalue weighted by atomic mass is 9.85. The third-order valence-corrected chi connectivity index (χ3v) is 3.80. The van der Waals surface area contributed by atoms with Crippen molar-refractivity contribution in [1.82, 2.24) is 0 Å². The molecule has 3 rings (SSSR count). The Bertz CT molecular complexity index is 847. The molecule has 4 heteroatoms. The highest BCUT2D eigenvalue weighted by Gasteiger charge is 2.20. The molecule has 0 heterocycles. The van der Waals surface area contributed by atoms with Crippen LogP contribution in [0.25, 0.3) is 10.4 Å². The Morgan fingerprint density at radius 3 is 2.77 bits per heavy atom. The van der Waals surface area contributed by atoms with Crippen LogP contribution in [0.2, 0.25) is 0 Å². The van der Waals surface area contributed by atoms with Gasteiger partial charge in [0.05, 0.1) is 12.1 Å². The summed E-state index contributed by atoms with van der Waals surface area (Å²) in [6.07, 6.45) is 3.53. The lowest BCUT2D eigenvalue weighted by molar-refractivity contribution is 0.0697. The van der Waals surface area contributed by atoms with Gasteiger partial charge in [-0.1, -0.05) is 24.3 Å². The van der Waals surface area contributed by atoms with Crippen LogP contribution < -0.4 is 0 Å². The van der Waals surface area contributed by atoms with E-state index in [0.29, 0.717) is 5.56 Å². The summed E-state index contributed by atoms with van der Waals surface area (Å²) >= 11 is 0. The molecule has 0 atom stereocenters. The van der Waals surface area contributed by atoms with Crippen LogP contribution >= 0.6 is 0 Å². The monoisotopic (exact) mass is 293 g/mol. The fourth-order valence-electron chi connectivity index (χ4n) is 2.76. The number of para-hydroxylation sites is 1. The van der Waals surface area contributed by atoms with E-state index in [9.17, 15) is 9.18 Å². The second kappa shape index (κ2) is 5.45. The topological polar surface area (TPSA) is 41.7 Å². The molecule has 108 valence electrons. The van der Waals surface area contributed by atoms with E-state index in [1.165, 1.54) is 6.07 Å². The number of nitrogens with zero attached hydrogens (tertiary/aromatic N) is 1. The summed E-state index contributed by atoms with van der Waals surface area (Å²) < 4.78 is 13.9. The Hall–Kier alpha value is -2.93. The highest BCUT2D eigenvalue weighted by Crippen LogP contribution is 2.38. The Balaban J connectivity index is 2.22. The number of carboxylic acids is 1. The molecule has 0 fully saturated rings. The molecule has 0 amide bonds. The maximum atomic E-state index is 13.9. The zero-order chi connectivity index (χ0) is 15.7. The summed E-state index contributed by atoms with van der Waals surface area (Å²) in [5.74, 6) is -1.56. The number of aryl methyl sites for hydroxylation is 1. The second-order valence-electron chi connectivity index (χ2n) is 5.08. The van der Waals surface area contributed by atoms with Crippen LogP contribution in [-0.4, -0.2) is 11.1 Å². The molecule has 0 bridgehead atoms. The summed E-state index contributed by atoms with van der Waals surface area (Å²) in [7, 11) is 0. The SMILES string of the molecule is [C-]#[N+]c1c(F)cccc1C1=CCCc2ccc(C(=O)O)cc21. The van der Waals surface area contributed by atoms with Gasteiger partial charge in [0.25, 0.3) is 0 Å². The summed E-state index contributed by atoms with van der Waals surface area (Å²) in [6, 6.07) is 9.49. The molecule has 0 saturated carbocycles. The van der Waals surface area contributed by atoms with E-state index >= 15 is 0 Å². The number of benzene rings is 2. The van der Waals surface area contributed by atoms with E-state index in [1.807, 2.05) is 6.08 Å². The van der Waals surface area contributed by atoms with Crippen LogP contribution in [0.5, 0.6) is 0 Å². The van der Waals surface area contributed by atoms with Crippen LogP contribution in [0, 0.1) is 12.4 Å². The molecule has 0 radical (unpaired) electrons. The summed E-state index contributed by atoms with van der Waals surface area (Å²) in [5, 5.41) is 9.16. The van der Waals surface area contributed by atoms with Crippen molar-refractivity contribution in [3.05, 3.63) is 82.0 Å². The Morgan fingerprint density at radius 1 is 1.23 bits per heavy atom. The first-order valence-electron chi connectivity index (χ1n) is 6.85. The van der Waals surface area contributed by atoms with Crippen LogP contribution in [0.1, 0.15) is 33.5 Å². The first-order valence-corrected chi connectivity index (χ1v) is 6.85. The van der Waals surface area contributed by atoms with Gasteiger partial charge in [-0.3, -0.25) is 0 Å². The average Bonchev–Trinajstić information content (AvgIpc) is 2.53. The maximum absolute atomic E-state index is 13.9. The number of carboxylic acid groups (broad SMARTS) is 1. The third-order valence-electron chi connectivity index (χ3n) is 3.80. The normalized spacial score (nSPS) is 13.0. The number of halogens is 1. The van der Waals surface area contributed by atoms with Crippen molar-refractivity contribution in [2.24, 2.45) is 0 Å². The van der Waals surface area contributed by atoms with Gasteiger partial charge in [0.15, 0.2) is 0 Å². The minimum absolute atomic E-state index is 0.0256. The molecule has 3 nitrogen and oxygen atoms in total. The first-order chi connectivity index (χ1) is 10.6. The fourth-order valence-corrected chi connectivity index (χ4v) is 2.76. The van der Waals surface area contributed by atoms with Crippen molar-refractivity contribution in [3.8, 4) is 0 Å². The van der Waals surface area contributed by atoms with E-state index in [-0.39, 0.29) is 11.3 Å². The zero-order valence-corrected chi connectivity index (χ0v) is 11.6. The van der Waals surface area contributed by atoms with Gasteiger partial charge in [-0.05, 0) is 53.3 Å². The Kier molecular flexibility index (Phi) is 3.48. The highest BCUT2D eigenvalue weighted by molar-refractivity contribution is 5.93. The van der Waals surface area contributed by atoms with Crippen molar-refractivity contribution in [2.75, 3.05) is 0 Å². The Morgan fingerprint density at radius 2 is 2.05 bits per heavy atom. The van der Waals surface area contributed by atoms with Crippen molar-refractivity contribution >= 4 is 17.2 Å². The molecule has 0 spiro atoms. The number of hydrogen-bond acceptors (Lipinski definition) is 1. The fraction of sp³-hybridized carbons (Fsp3) is 0.111. The number of hydrogen-bond donors (Lipinski definition) is 1. The molecular formula is C18H12FNO2. The molecule has 2 aromatic carbocycles. The molecule has 22 heavy (non-hydrogen) atoms. The molecular weight excluding hydrogens is 281 g/mol.